The summed E-state index contributed by atoms with van der Waals surface area (Å²) in [6.07, 6.45) is 1.59. The number of H-pyrrole nitrogens is 1. The minimum absolute atomic E-state index is 0.108. The molecule has 0 bridgehead atoms. The van der Waals surface area contributed by atoms with E-state index in [1.165, 1.54) is 0 Å². The van der Waals surface area contributed by atoms with E-state index in [0.717, 1.165) is 10.8 Å². The van der Waals surface area contributed by atoms with Gasteiger partial charge < -0.3 is 5.11 Å². The van der Waals surface area contributed by atoms with Gasteiger partial charge in [-0.3, -0.25) is 5.10 Å². The highest BCUT2D eigenvalue weighted by Crippen LogP contribution is 2.35. The van der Waals surface area contributed by atoms with Crippen LogP contribution < -0.4 is 0 Å². The second-order valence-corrected chi connectivity index (χ2v) is 3.80. The van der Waals surface area contributed by atoms with E-state index < -0.39 is 0 Å². The largest absolute Gasteiger partial charge is 0.506 e. The molecule has 0 amide bonds. The number of aromatic nitrogens is 2. The van der Waals surface area contributed by atoms with Crippen molar-refractivity contribution < 1.29 is 5.11 Å². The molecule has 88 valence electrons. The van der Waals surface area contributed by atoms with Crippen LogP contribution in [0.25, 0.3) is 10.8 Å². The van der Waals surface area contributed by atoms with Crippen molar-refractivity contribution >= 4 is 22.3 Å². The van der Waals surface area contributed by atoms with Crippen LogP contribution in [-0.2, 0) is 0 Å². The Morgan fingerprint density at radius 1 is 1.00 bits per heavy atom. The van der Waals surface area contributed by atoms with Crippen molar-refractivity contribution in [1.82, 2.24) is 10.2 Å². The Hall–Kier alpha value is -2.69. The van der Waals surface area contributed by atoms with Crippen molar-refractivity contribution in [2.24, 2.45) is 10.2 Å². The highest BCUT2D eigenvalue weighted by atomic mass is 16.3. The van der Waals surface area contributed by atoms with Crippen LogP contribution in [0.15, 0.2) is 58.9 Å². The molecule has 0 aliphatic rings. The predicted octanol–water partition coefficient (Wildman–Crippen LogP) is 3.68. The molecule has 3 aromatic rings. The van der Waals surface area contributed by atoms with Gasteiger partial charge in [-0.25, -0.2) is 0 Å². The molecule has 0 fully saturated rings. The van der Waals surface area contributed by atoms with Gasteiger partial charge in [0.05, 0.1) is 6.20 Å². The van der Waals surface area contributed by atoms with E-state index in [2.05, 4.69) is 20.4 Å². The first-order chi connectivity index (χ1) is 8.84. The molecule has 0 radical (unpaired) electrons. The smallest absolute Gasteiger partial charge is 0.170 e. The number of benzene rings is 2. The molecular formula is C13H10N4O. The average Bonchev–Trinajstić information content (AvgIpc) is 2.91. The third-order valence-corrected chi connectivity index (χ3v) is 2.62. The Morgan fingerprint density at radius 3 is 2.72 bits per heavy atom. The summed E-state index contributed by atoms with van der Waals surface area (Å²) in [4.78, 5) is 0. The van der Waals surface area contributed by atoms with E-state index in [9.17, 15) is 5.11 Å². The van der Waals surface area contributed by atoms with Crippen LogP contribution >= 0.6 is 0 Å². The van der Waals surface area contributed by atoms with Gasteiger partial charge in [0.2, 0.25) is 0 Å². The number of hydrogen-bond acceptors (Lipinski definition) is 4. The topological polar surface area (TPSA) is 73.6 Å². The van der Waals surface area contributed by atoms with Gasteiger partial charge in [-0.05, 0) is 11.5 Å². The highest BCUT2D eigenvalue weighted by molar-refractivity contribution is 5.95. The number of fused-ring (bicyclic) bond motifs is 1. The molecule has 2 aromatic carbocycles. The molecule has 5 nitrogen and oxygen atoms in total. The molecule has 5 heteroatoms. The first-order valence-electron chi connectivity index (χ1n) is 5.46. The molecule has 0 unspecified atom stereocenters. The van der Waals surface area contributed by atoms with Crippen LogP contribution in [0.3, 0.4) is 0 Å². The number of rotatable bonds is 2. The third kappa shape index (κ3) is 1.82. The lowest BCUT2D eigenvalue weighted by Crippen LogP contribution is -1.74. The molecular weight excluding hydrogens is 228 g/mol. The van der Waals surface area contributed by atoms with E-state index in [-0.39, 0.29) is 5.75 Å². The summed E-state index contributed by atoms with van der Waals surface area (Å²) >= 11 is 0. The number of phenolic OH excluding ortho intramolecular Hbond substituents is 1. The fourth-order valence-corrected chi connectivity index (χ4v) is 1.76. The van der Waals surface area contributed by atoms with E-state index in [4.69, 9.17) is 0 Å². The van der Waals surface area contributed by atoms with Crippen LogP contribution in [0.5, 0.6) is 5.75 Å². The summed E-state index contributed by atoms with van der Waals surface area (Å²) in [5, 5.41) is 26.3. The van der Waals surface area contributed by atoms with Crippen LogP contribution in [0.4, 0.5) is 11.5 Å². The van der Waals surface area contributed by atoms with Crippen LogP contribution in [0.1, 0.15) is 0 Å². The van der Waals surface area contributed by atoms with Crippen molar-refractivity contribution in [1.29, 1.82) is 0 Å². The Morgan fingerprint density at radius 2 is 1.89 bits per heavy atom. The summed E-state index contributed by atoms with van der Waals surface area (Å²) in [6.45, 7) is 0. The SMILES string of the molecule is Oc1ccc2ccccc2c1N=Nc1ccn[nH]1. The van der Waals surface area contributed by atoms with Crippen molar-refractivity contribution in [2.45, 2.75) is 0 Å². The lowest BCUT2D eigenvalue weighted by Gasteiger charge is -2.02. The molecule has 0 aliphatic carbocycles. The summed E-state index contributed by atoms with van der Waals surface area (Å²) in [7, 11) is 0. The molecule has 1 aromatic heterocycles. The summed E-state index contributed by atoms with van der Waals surface area (Å²) < 4.78 is 0. The summed E-state index contributed by atoms with van der Waals surface area (Å²) in [5.74, 6) is 0.652. The van der Waals surface area contributed by atoms with Crippen LogP contribution in [0, 0.1) is 0 Å². The van der Waals surface area contributed by atoms with E-state index in [1.807, 2.05) is 30.3 Å². The van der Waals surface area contributed by atoms with E-state index >= 15 is 0 Å². The number of nitrogens with one attached hydrogen (secondary N) is 1. The molecule has 3 rings (SSSR count). The lowest BCUT2D eigenvalue weighted by atomic mass is 10.1. The highest BCUT2D eigenvalue weighted by Gasteiger charge is 2.05. The summed E-state index contributed by atoms with van der Waals surface area (Å²) in [6, 6.07) is 12.9. The fourth-order valence-electron chi connectivity index (χ4n) is 1.76. The van der Waals surface area contributed by atoms with Gasteiger partial charge in [-0.1, -0.05) is 30.3 Å². The number of hydrogen-bond donors (Lipinski definition) is 2. The first-order valence-corrected chi connectivity index (χ1v) is 5.46. The zero-order valence-corrected chi connectivity index (χ0v) is 9.41. The number of aromatic amines is 1. The zero-order chi connectivity index (χ0) is 12.4. The molecule has 2 N–H and O–H groups in total. The van der Waals surface area contributed by atoms with Gasteiger partial charge in [-0.15, -0.1) is 10.2 Å². The molecule has 0 saturated carbocycles. The lowest BCUT2D eigenvalue weighted by molar-refractivity contribution is 0.477. The minimum Gasteiger partial charge on any atom is -0.506 e. The number of phenols is 1. The molecule has 0 atom stereocenters. The van der Waals surface area contributed by atoms with Crippen LogP contribution in [-0.4, -0.2) is 15.3 Å². The number of nitrogens with zero attached hydrogens (tertiary/aromatic N) is 3. The van der Waals surface area contributed by atoms with Gasteiger partial charge in [0.15, 0.2) is 5.82 Å². The summed E-state index contributed by atoms with van der Waals surface area (Å²) in [5.41, 5.74) is 0.461. The average molecular weight is 238 g/mol. The number of aromatic hydroxyl groups is 1. The predicted molar refractivity (Wildman–Crippen MR) is 68.4 cm³/mol. The molecule has 0 spiro atoms. The van der Waals surface area contributed by atoms with Gasteiger partial charge >= 0.3 is 0 Å². The third-order valence-electron chi connectivity index (χ3n) is 2.62. The Kier molecular flexibility index (Phi) is 2.49. The Labute approximate surface area is 103 Å². The van der Waals surface area contributed by atoms with E-state index in [1.54, 1.807) is 18.3 Å². The maximum absolute atomic E-state index is 9.86. The molecule has 0 saturated heterocycles. The van der Waals surface area contributed by atoms with Gasteiger partial charge in [0.1, 0.15) is 11.4 Å². The normalized spacial score (nSPS) is 11.3. The van der Waals surface area contributed by atoms with Crippen molar-refractivity contribution in [2.75, 3.05) is 0 Å². The molecule has 18 heavy (non-hydrogen) atoms. The van der Waals surface area contributed by atoms with Crippen molar-refractivity contribution in [3.05, 3.63) is 48.7 Å². The standard InChI is InChI=1S/C13H10N4O/c18-11-6-5-9-3-1-2-4-10(9)13(11)17-16-12-7-8-14-15-12/h1-8,18H,(H,14,15). The van der Waals surface area contributed by atoms with Gasteiger partial charge in [-0.2, -0.15) is 5.10 Å². The molecule has 1 heterocycles. The van der Waals surface area contributed by atoms with Crippen molar-refractivity contribution in [3.8, 4) is 5.75 Å². The zero-order valence-electron chi connectivity index (χ0n) is 9.41. The van der Waals surface area contributed by atoms with E-state index in [0.29, 0.717) is 11.5 Å². The quantitative estimate of drug-likeness (QED) is 0.668. The second-order valence-electron chi connectivity index (χ2n) is 3.80. The van der Waals surface area contributed by atoms with Gasteiger partial charge in [0.25, 0.3) is 0 Å². The molecule has 0 aliphatic heterocycles. The Bertz CT molecular complexity index is 704. The second kappa shape index (κ2) is 4.29. The first kappa shape index (κ1) is 10.5. The fraction of sp³-hybridized carbons (Fsp3) is 0. The Balaban J connectivity index is 2.13. The van der Waals surface area contributed by atoms with Crippen LogP contribution in [0.2, 0.25) is 0 Å². The van der Waals surface area contributed by atoms with Crippen molar-refractivity contribution in [3.63, 3.8) is 0 Å². The van der Waals surface area contributed by atoms with Gasteiger partial charge in [0, 0.05) is 11.5 Å². The minimum atomic E-state index is 0.108. The monoisotopic (exact) mass is 238 g/mol. The maximum Gasteiger partial charge on any atom is 0.170 e. The number of azo groups is 1. The maximum atomic E-state index is 9.86.